The molecule has 3 rings (SSSR count). The van der Waals surface area contributed by atoms with Gasteiger partial charge < -0.3 is 15.6 Å². The highest BCUT2D eigenvalue weighted by molar-refractivity contribution is 5.84. The second kappa shape index (κ2) is 4.51. The second-order valence-electron chi connectivity index (χ2n) is 4.84. The fraction of sp³-hybridized carbons (Fsp3) is 0.429. The zero-order valence-corrected chi connectivity index (χ0v) is 10.2. The van der Waals surface area contributed by atoms with Gasteiger partial charge in [0.2, 0.25) is 0 Å². The van der Waals surface area contributed by atoms with Crippen LogP contribution in [0.3, 0.4) is 0 Å². The first-order chi connectivity index (χ1) is 8.34. The van der Waals surface area contributed by atoms with Crippen LogP contribution >= 0.6 is 0 Å². The fourth-order valence-corrected chi connectivity index (χ4v) is 2.64. The molecule has 0 spiro atoms. The molecule has 0 radical (unpaired) electrons. The van der Waals surface area contributed by atoms with E-state index in [-0.39, 0.29) is 0 Å². The van der Waals surface area contributed by atoms with E-state index in [2.05, 4.69) is 46.8 Å². The van der Waals surface area contributed by atoms with Gasteiger partial charge in [-0.15, -0.1) is 0 Å². The summed E-state index contributed by atoms with van der Waals surface area (Å²) in [5.41, 5.74) is 3.93. The second-order valence-corrected chi connectivity index (χ2v) is 4.84. The van der Waals surface area contributed by atoms with Crippen LogP contribution in [0.2, 0.25) is 0 Å². The highest BCUT2D eigenvalue weighted by Gasteiger charge is 2.15. The SMILES string of the molecule is Cc1[nH]c2ccccc2c1CNC1CCNC1. The molecule has 17 heavy (non-hydrogen) atoms. The van der Waals surface area contributed by atoms with Gasteiger partial charge >= 0.3 is 0 Å². The van der Waals surface area contributed by atoms with E-state index >= 15 is 0 Å². The Balaban J connectivity index is 1.81. The van der Waals surface area contributed by atoms with Crippen molar-refractivity contribution in [2.75, 3.05) is 13.1 Å². The van der Waals surface area contributed by atoms with E-state index in [1.807, 2.05) is 0 Å². The highest BCUT2D eigenvalue weighted by Crippen LogP contribution is 2.21. The lowest BCUT2D eigenvalue weighted by Crippen LogP contribution is -2.30. The molecule has 3 N–H and O–H groups in total. The quantitative estimate of drug-likeness (QED) is 0.752. The summed E-state index contributed by atoms with van der Waals surface area (Å²) in [6, 6.07) is 9.15. The van der Waals surface area contributed by atoms with Crippen LogP contribution in [-0.2, 0) is 6.54 Å². The number of hydrogen-bond acceptors (Lipinski definition) is 2. The Bertz CT molecular complexity index is 509. The van der Waals surface area contributed by atoms with Crippen LogP contribution in [-0.4, -0.2) is 24.1 Å². The Morgan fingerprint density at radius 3 is 3.06 bits per heavy atom. The Labute approximate surface area is 102 Å². The standard InChI is InChI=1S/C14H19N3/c1-10-13(9-16-11-6-7-15-8-11)12-4-2-3-5-14(12)17-10/h2-5,11,15-17H,6-9H2,1H3. The zero-order valence-electron chi connectivity index (χ0n) is 10.2. The molecule has 0 aliphatic carbocycles. The van der Waals surface area contributed by atoms with Crippen LogP contribution in [0.1, 0.15) is 17.7 Å². The third-order valence-corrected chi connectivity index (χ3v) is 3.65. The van der Waals surface area contributed by atoms with Crippen molar-refractivity contribution in [3.05, 3.63) is 35.5 Å². The van der Waals surface area contributed by atoms with Crippen LogP contribution in [0, 0.1) is 6.92 Å². The van der Waals surface area contributed by atoms with Crippen molar-refractivity contribution < 1.29 is 0 Å². The number of nitrogens with one attached hydrogen (secondary N) is 3. The number of benzene rings is 1. The smallest absolute Gasteiger partial charge is 0.0459 e. The van der Waals surface area contributed by atoms with Gasteiger partial charge in [-0.1, -0.05) is 18.2 Å². The average molecular weight is 229 g/mol. The molecule has 0 amide bonds. The summed E-state index contributed by atoms with van der Waals surface area (Å²) in [5.74, 6) is 0. The van der Waals surface area contributed by atoms with Gasteiger partial charge in [-0.2, -0.15) is 0 Å². The van der Waals surface area contributed by atoms with E-state index in [0.717, 1.165) is 19.6 Å². The number of para-hydroxylation sites is 1. The van der Waals surface area contributed by atoms with Crippen LogP contribution in [0.5, 0.6) is 0 Å². The van der Waals surface area contributed by atoms with Gasteiger partial charge in [0.1, 0.15) is 0 Å². The minimum Gasteiger partial charge on any atom is -0.358 e. The van der Waals surface area contributed by atoms with Crippen molar-refractivity contribution in [2.45, 2.75) is 25.9 Å². The largest absolute Gasteiger partial charge is 0.358 e. The predicted octanol–water partition coefficient (Wildman–Crippen LogP) is 1.93. The third kappa shape index (κ3) is 2.08. The van der Waals surface area contributed by atoms with E-state index < -0.39 is 0 Å². The molecule has 90 valence electrons. The molecule has 1 aromatic carbocycles. The van der Waals surface area contributed by atoms with Gasteiger partial charge in [-0.05, 0) is 31.5 Å². The van der Waals surface area contributed by atoms with Crippen molar-refractivity contribution in [2.24, 2.45) is 0 Å². The lowest BCUT2D eigenvalue weighted by atomic mass is 10.1. The molecule has 1 aliphatic heterocycles. The van der Waals surface area contributed by atoms with E-state index in [0.29, 0.717) is 6.04 Å². The van der Waals surface area contributed by atoms with Crippen molar-refractivity contribution in [3.63, 3.8) is 0 Å². The maximum absolute atomic E-state index is 3.63. The lowest BCUT2D eigenvalue weighted by Gasteiger charge is -2.11. The normalized spacial score (nSPS) is 20.2. The minimum atomic E-state index is 0.628. The predicted molar refractivity (Wildman–Crippen MR) is 71.2 cm³/mol. The number of rotatable bonds is 3. The number of aromatic amines is 1. The monoisotopic (exact) mass is 229 g/mol. The molecular weight excluding hydrogens is 210 g/mol. The van der Waals surface area contributed by atoms with E-state index in [9.17, 15) is 0 Å². The Morgan fingerprint density at radius 2 is 2.24 bits per heavy atom. The molecule has 1 aromatic heterocycles. The summed E-state index contributed by atoms with van der Waals surface area (Å²) >= 11 is 0. The summed E-state index contributed by atoms with van der Waals surface area (Å²) in [7, 11) is 0. The number of hydrogen-bond donors (Lipinski definition) is 3. The molecule has 3 nitrogen and oxygen atoms in total. The van der Waals surface area contributed by atoms with E-state index in [1.165, 1.54) is 28.6 Å². The van der Waals surface area contributed by atoms with Crippen LogP contribution in [0.4, 0.5) is 0 Å². The number of aromatic nitrogens is 1. The van der Waals surface area contributed by atoms with E-state index in [4.69, 9.17) is 0 Å². The molecule has 1 aliphatic rings. The first-order valence-corrected chi connectivity index (χ1v) is 6.35. The van der Waals surface area contributed by atoms with Gasteiger partial charge in [-0.3, -0.25) is 0 Å². The Hall–Kier alpha value is -1.32. The Morgan fingerprint density at radius 1 is 1.35 bits per heavy atom. The molecule has 3 heteroatoms. The lowest BCUT2D eigenvalue weighted by molar-refractivity contribution is 0.548. The molecular formula is C14H19N3. The van der Waals surface area contributed by atoms with Crippen LogP contribution in [0.25, 0.3) is 10.9 Å². The first-order valence-electron chi connectivity index (χ1n) is 6.35. The summed E-state index contributed by atoms with van der Waals surface area (Å²) in [6.07, 6.45) is 1.24. The summed E-state index contributed by atoms with van der Waals surface area (Å²) in [6.45, 7) is 5.36. The molecule has 0 saturated carbocycles. The van der Waals surface area contributed by atoms with Crippen molar-refractivity contribution in [3.8, 4) is 0 Å². The maximum atomic E-state index is 3.63. The average Bonchev–Trinajstić information content (AvgIpc) is 2.93. The van der Waals surface area contributed by atoms with Gasteiger partial charge in [0.05, 0.1) is 0 Å². The van der Waals surface area contributed by atoms with Gasteiger partial charge in [0, 0.05) is 35.7 Å². The molecule has 1 fully saturated rings. The number of fused-ring (bicyclic) bond motifs is 1. The van der Waals surface area contributed by atoms with Crippen molar-refractivity contribution >= 4 is 10.9 Å². The van der Waals surface area contributed by atoms with Crippen LogP contribution < -0.4 is 10.6 Å². The van der Waals surface area contributed by atoms with Crippen LogP contribution in [0.15, 0.2) is 24.3 Å². The topological polar surface area (TPSA) is 39.9 Å². The van der Waals surface area contributed by atoms with Gasteiger partial charge in [0.25, 0.3) is 0 Å². The van der Waals surface area contributed by atoms with Gasteiger partial charge in [-0.25, -0.2) is 0 Å². The van der Waals surface area contributed by atoms with E-state index in [1.54, 1.807) is 0 Å². The molecule has 1 saturated heterocycles. The summed E-state index contributed by atoms with van der Waals surface area (Å²) < 4.78 is 0. The fourth-order valence-electron chi connectivity index (χ4n) is 2.64. The summed E-state index contributed by atoms with van der Waals surface area (Å²) in [4.78, 5) is 3.45. The third-order valence-electron chi connectivity index (χ3n) is 3.65. The maximum Gasteiger partial charge on any atom is 0.0459 e. The molecule has 2 aromatic rings. The Kier molecular flexibility index (Phi) is 2.87. The number of H-pyrrole nitrogens is 1. The highest BCUT2D eigenvalue weighted by atomic mass is 15.0. The molecule has 2 heterocycles. The summed E-state index contributed by atoms with van der Waals surface area (Å²) in [5, 5.41) is 8.37. The number of aryl methyl sites for hydroxylation is 1. The molecule has 1 atom stereocenters. The van der Waals surface area contributed by atoms with Crippen molar-refractivity contribution in [1.29, 1.82) is 0 Å². The van der Waals surface area contributed by atoms with Gasteiger partial charge in [0.15, 0.2) is 0 Å². The first kappa shape index (κ1) is 10.8. The molecule has 0 bridgehead atoms. The minimum absolute atomic E-state index is 0.628. The molecule has 1 unspecified atom stereocenters. The van der Waals surface area contributed by atoms with Crippen molar-refractivity contribution in [1.82, 2.24) is 15.6 Å². The zero-order chi connectivity index (χ0) is 11.7.